The first-order chi connectivity index (χ1) is 10.6. The van der Waals surface area contributed by atoms with Crippen molar-refractivity contribution in [1.29, 1.82) is 0 Å². The van der Waals surface area contributed by atoms with Crippen LogP contribution < -0.4 is 10.7 Å². The van der Waals surface area contributed by atoms with Gasteiger partial charge in [-0.25, -0.2) is 4.79 Å². The molecule has 2 amide bonds. The standard InChI is InChI=1S/C15H19N5OS/c1-9(2)5-6-16-15-20-19-13(8-22-15)10-3-4-11-12(7-10)18-14(21)17-11/h3-4,7,9,11H,5-6,8H2,1-2H3,(H,16,20)(H,17,21). The number of nitrogens with zero attached hydrogens (tertiary/aromatic N) is 3. The lowest BCUT2D eigenvalue weighted by Gasteiger charge is -2.18. The van der Waals surface area contributed by atoms with Crippen LogP contribution in [-0.2, 0) is 0 Å². The first-order valence-electron chi connectivity index (χ1n) is 7.41. The number of amides is 2. The van der Waals surface area contributed by atoms with Crippen molar-refractivity contribution < 1.29 is 4.79 Å². The first kappa shape index (κ1) is 15.0. The number of urea groups is 1. The summed E-state index contributed by atoms with van der Waals surface area (Å²) in [4.78, 5) is 19.7. The lowest BCUT2D eigenvalue weighted by Crippen LogP contribution is -2.32. The molecule has 0 saturated heterocycles. The molecule has 7 heteroatoms. The normalized spacial score (nSPS) is 25.4. The SMILES string of the molecule is CC(C)CCN=C1NN=C(C2=CC3=NC(=O)NC3C=C2)CS1. The first-order valence-corrected chi connectivity index (χ1v) is 8.39. The molecule has 0 aromatic carbocycles. The molecule has 6 nitrogen and oxygen atoms in total. The Morgan fingerprint density at radius 3 is 3.09 bits per heavy atom. The third kappa shape index (κ3) is 3.47. The quantitative estimate of drug-likeness (QED) is 0.833. The molecule has 0 aromatic rings. The molecule has 1 atom stereocenters. The molecule has 1 unspecified atom stereocenters. The number of thioether (sulfide) groups is 1. The number of allylic oxidation sites excluding steroid dienone is 2. The topological polar surface area (TPSA) is 78.2 Å². The van der Waals surface area contributed by atoms with Gasteiger partial charge in [0.1, 0.15) is 0 Å². The lowest BCUT2D eigenvalue weighted by molar-refractivity contribution is 0.251. The van der Waals surface area contributed by atoms with Gasteiger partial charge in [-0.15, -0.1) is 0 Å². The second-order valence-corrected chi connectivity index (χ2v) is 6.72. The van der Waals surface area contributed by atoms with Crippen LogP contribution >= 0.6 is 11.8 Å². The summed E-state index contributed by atoms with van der Waals surface area (Å²) in [6.45, 7) is 5.21. The van der Waals surface area contributed by atoms with Gasteiger partial charge >= 0.3 is 6.03 Å². The van der Waals surface area contributed by atoms with Crippen LogP contribution in [0.15, 0.2) is 38.9 Å². The van der Waals surface area contributed by atoms with Crippen LogP contribution in [0.4, 0.5) is 4.79 Å². The van der Waals surface area contributed by atoms with Crippen LogP contribution in [0.1, 0.15) is 20.3 Å². The Labute approximate surface area is 133 Å². The van der Waals surface area contributed by atoms with Gasteiger partial charge < -0.3 is 5.32 Å². The number of amidine groups is 1. The minimum Gasteiger partial charge on any atom is -0.324 e. The summed E-state index contributed by atoms with van der Waals surface area (Å²) in [5, 5.41) is 8.04. The Morgan fingerprint density at radius 1 is 1.50 bits per heavy atom. The smallest absolute Gasteiger partial charge is 0.324 e. The van der Waals surface area contributed by atoms with Crippen LogP contribution in [-0.4, -0.2) is 41.0 Å². The van der Waals surface area contributed by atoms with Gasteiger partial charge in [0.25, 0.3) is 0 Å². The fraction of sp³-hybridized carbons (Fsp3) is 0.467. The molecular formula is C15H19N5OS. The van der Waals surface area contributed by atoms with Gasteiger partial charge in [0, 0.05) is 17.9 Å². The minimum atomic E-state index is -0.278. The zero-order chi connectivity index (χ0) is 15.5. The van der Waals surface area contributed by atoms with E-state index in [1.54, 1.807) is 11.8 Å². The molecule has 1 aliphatic carbocycles. The van der Waals surface area contributed by atoms with Crippen molar-refractivity contribution in [2.45, 2.75) is 26.3 Å². The van der Waals surface area contributed by atoms with Crippen LogP contribution in [0.2, 0.25) is 0 Å². The Balaban J connectivity index is 1.64. The molecule has 3 aliphatic rings. The second-order valence-electron chi connectivity index (χ2n) is 5.75. The molecule has 2 heterocycles. The van der Waals surface area contributed by atoms with Crippen molar-refractivity contribution in [2.75, 3.05) is 12.3 Å². The Morgan fingerprint density at radius 2 is 2.36 bits per heavy atom. The molecule has 0 radical (unpaired) electrons. The van der Waals surface area contributed by atoms with Gasteiger partial charge in [-0.05, 0) is 18.4 Å². The number of nitrogens with one attached hydrogen (secondary N) is 2. The molecule has 0 saturated carbocycles. The largest absolute Gasteiger partial charge is 0.342 e. The molecular weight excluding hydrogens is 298 g/mol. The average molecular weight is 317 g/mol. The third-order valence-corrected chi connectivity index (χ3v) is 4.44. The highest BCUT2D eigenvalue weighted by Gasteiger charge is 2.26. The summed E-state index contributed by atoms with van der Waals surface area (Å²) in [7, 11) is 0. The van der Waals surface area contributed by atoms with Crippen molar-refractivity contribution >= 4 is 34.4 Å². The fourth-order valence-electron chi connectivity index (χ4n) is 2.25. The number of aliphatic imine (C=N–C) groups is 2. The summed E-state index contributed by atoms with van der Waals surface area (Å²) in [6, 6.07) is -0.367. The number of carbonyl (C=O) groups is 1. The van der Waals surface area contributed by atoms with E-state index in [0.29, 0.717) is 5.92 Å². The number of hydrogen-bond donors (Lipinski definition) is 2. The van der Waals surface area contributed by atoms with E-state index in [9.17, 15) is 4.79 Å². The maximum absolute atomic E-state index is 11.3. The second kappa shape index (κ2) is 6.48. The number of hydrogen-bond acceptors (Lipinski definition) is 4. The molecule has 0 aromatic heterocycles. The van der Waals surface area contributed by atoms with Crippen molar-refractivity contribution in [3.63, 3.8) is 0 Å². The summed E-state index contributed by atoms with van der Waals surface area (Å²) in [5.41, 5.74) is 5.71. The maximum atomic E-state index is 11.3. The van der Waals surface area contributed by atoms with Crippen LogP contribution in [0.25, 0.3) is 0 Å². The van der Waals surface area contributed by atoms with E-state index in [1.165, 1.54) is 0 Å². The Bertz CT molecular complexity index is 630. The molecule has 0 bridgehead atoms. The van der Waals surface area contributed by atoms with E-state index < -0.39 is 0 Å². The number of hydrazone groups is 1. The monoisotopic (exact) mass is 317 g/mol. The molecule has 116 valence electrons. The molecule has 22 heavy (non-hydrogen) atoms. The average Bonchev–Trinajstić information content (AvgIpc) is 2.86. The highest BCUT2D eigenvalue weighted by molar-refractivity contribution is 8.14. The molecule has 3 rings (SSSR count). The van der Waals surface area contributed by atoms with Crippen molar-refractivity contribution in [1.82, 2.24) is 10.7 Å². The van der Waals surface area contributed by atoms with E-state index in [2.05, 4.69) is 39.7 Å². The van der Waals surface area contributed by atoms with Gasteiger partial charge in [0.05, 0.1) is 17.5 Å². The molecule has 2 N–H and O–H groups in total. The van der Waals surface area contributed by atoms with Gasteiger partial charge in [0.15, 0.2) is 5.17 Å². The van der Waals surface area contributed by atoms with E-state index in [4.69, 9.17) is 0 Å². The predicted octanol–water partition coefficient (Wildman–Crippen LogP) is 2.11. The summed E-state index contributed by atoms with van der Waals surface area (Å²) < 4.78 is 0. The highest BCUT2D eigenvalue weighted by atomic mass is 32.2. The third-order valence-electron chi connectivity index (χ3n) is 3.53. The van der Waals surface area contributed by atoms with Crippen molar-refractivity contribution in [3.8, 4) is 0 Å². The number of rotatable bonds is 4. The Kier molecular flexibility index (Phi) is 4.42. The molecule has 2 aliphatic heterocycles. The maximum Gasteiger partial charge on any atom is 0.342 e. The number of fused-ring (bicyclic) bond motifs is 1. The minimum absolute atomic E-state index is 0.0887. The highest BCUT2D eigenvalue weighted by Crippen LogP contribution is 2.19. The summed E-state index contributed by atoms with van der Waals surface area (Å²) in [5.74, 6) is 1.43. The van der Waals surface area contributed by atoms with Crippen molar-refractivity contribution in [3.05, 3.63) is 23.8 Å². The van der Waals surface area contributed by atoms with Crippen LogP contribution in [0.3, 0.4) is 0 Å². The zero-order valence-electron chi connectivity index (χ0n) is 12.7. The van der Waals surface area contributed by atoms with Crippen LogP contribution in [0.5, 0.6) is 0 Å². The van der Waals surface area contributed by atoms with E-state index in [-0.39, 0.29) is 12.1 Å². The van der Waals surface area contributed by atoms with Gasteiger partial charge in [-0.3, -0.25) is 10.4 Å². The van der Waals surface area contributed by atoms with Gasteiger partial charge in [0.2, 0.25) is 0 Å². The molecule has 0 spiro atoms. The van der Waals surface area contributed by atoms with E-state index in [0.717, 1.165) is 40.9 Å². The van der Waals surface area contributed by atoms with Gasteiger partial charge in [-0.1, -0.05) is 37.8 Å². The van der Waals surface area contributed by atoms with Gasteiger partial charge in [-0.2, -0.15) is 10.1 Å². The summed E-state index contributed by atoms with van der Waals surface area (Å²) in [6.07, 6.45) is 6.93. The lowest BCUT2D eigenvalue weighted by atomic mass is 9.99. The van der Waals surface area contributed by atoms with E-state index in [1.807, 2.05) is 18.2 Å². The predicted molar refractivity (Wildman–Crippen MR) is 91.8 cm³/mol. The van der Waals surface area contributed by atoms with E-state index >= 15 is 0 Å². The van der Waals surface area contributed by atoms with Crippen LogP contribution in [0, 0.1) is 5.92 Å². The number of carbonyl (C=O) groups excluding carboxylic acids is 1. The molecule has 0 fully saturated rings. The van der Waals surface area contributed by atoms with Crippen molar-refractivity contribution in [2.24, 2.45) is 21.0 Å². The Hall–Kier alpha value is -1.89. The summed E-state index contributed by atoms with van der Waals surface area (Å²) >= 11 is 1.65. The zero-order valence-corrected chi connectivity index (χ0v) is 13.5. The fourth-order valence-corrected chi connectivity index (χ4v) is 3.05.